The van der Waals surface area contributed by atoms with Crippen LogP contribution in [-0.2, 0) is 19.6 Å². The smallest absolute Gasteiger partial charge is 0.244 e. The number of nitrogens with two attached hydrogens (primary N) is 1. The number of halogens is 1. The van der Waals surface area contributed by atoms with Gasteiger partial charge in [0.15, 0.2) is 0 Å². The Hall–Kier alpha value is -1.19. The van der Waals surface area contributed by atoms with Crippen molar-refractivity contribution in [2.45, 2.75) is 36.1 Å². The Kier molecular flexibility index (Phi) is 5.36. The van der Waals surface area contributed by atoms with E-state index in [0.717, 1.165) is 12.8 Å². The summed E-state index contributed by atoms with van der Waals surface area (Å²) in [6.07, 6.45) is 2.52. The molecule has 7 nitrogen and oxygen atoms in total. The van der Waals surface area contributed by atoms with Gasteiger partial charge in [0.1, 0.15) is 10.4 Å². The minimum Gasteiger partial charge on any atom is -0.381 e. The number of benzene rings is 1. The molecular formula is C16H22ClN3O4S. The maximum Gasteiger partial charge on any atom is 0.244 e. The molecule has 0 bridgehead atoms. The van der Waals surface area contributed by atoms with E-state index in [1.54, 1.807) is 6.07 Å². The Morgan fingerprint density at radius 2 is 1.88 bits per heavy atom. The number of carbonyl (C=O) groups is 1. The van der Waals surface area contributed by atoms with Gasteiger partial charge in [-0.1, -0.05) is 11.6 Å². The molecule has 0 unspecified atom stereocenters. The molecule has 2 heterocycles. The van der Waals surface area contributed by atoms with Crippen LogP contribution < -0.4 is 11.1 Å². The summed E-state index contributed by atoms with van der Waals surface area (Å²) in [6, 6.07) is 4.45. The van der Waals surface area contributed by atoms with Crippen LogP contribution in [0, 0.1) is 0 Å². The number of carbonyl (C=O) groups excluding carboxylic acids is 1. The van der Waals surface area contributed by atoms with E-state index in [1.807, 2.05) is 0 Å². The van der Waals surface area contributed by atoms with E-state index in [1.165, 1.54) is 16.4 Å². The zero-order valence-corrected chi connectivity index (χ0v) is 15.4. The molecule has 0 aromatic heterocycles. The van der Waals surface area contributed by atoms with Crippen LogP contribution in [0.4, 0.5) is 5.69 Å². The third-order valence-corrected chi connectivity index (χ3v) is 7.09. The van der Waals surface area contributed by atoms with Crippen LogP contribution in [0.5, 0.6) is 0 Å². The van der Waals surface area contributed by atoms with E-state index >= 15 is 0 Å². The lowest BCUT2D eigenvalue weighted by Crippen LogP contribution is -2.54. The third-order valence-electron chi connectivity index (χ3n) is 4.71. The Balaban J connectivity index is 1.83. The minimum atomic E-state index is -3.67. The van der Waals surface area contributed by atoms with Crippen molar-refractivity contribution in [2.75, 3.05) is 31.6 Å². The monoisotopic (exact) mass is 387 g/mol. The summed E-state index contributed by atoms with van der Waals surface area (Å²) in [5.74, 6) is -0.345. The zero-order chi connectivity index (χ0) is 18.1. The molecule has 2 aliphatic rings. The molecular weight excluding hydrogens is 366 g/mol. The third kappa shape index (κ3) is 3.83. The molecule has 0 spiro atoms. The van der Waals surface area contributed by atoms with Crippen LogP contribution in [0.15, 0.2) is 23.1 Å². The summed E-state index contributed by atoms with van der Waals surface area (Å²) < 4.78 is 32.1. The van der Waals surface area contributed by atoms with Gasteiger partial charge >= 0.3 is 0 Å². The van der Waals surface area contributed by atoms with Gasteiger partial charge in [-0.25, -0.2) is 8.42 Å². The number of anilines is 1. The number of nitrogens with one attached hydrogen (secondary N) is 1. The molecule has 25 heavy (non-hydrogen) atoms. The Morgan fingerprint density at radius 1 is 1.24 bits per heavy atom. The fourth-order valence-corrected chi connectivity index (χ4v) is 5.08. The Morgan fingerprint density at radius 3 is 2.52 bits per heavy atom. The van der Waals surface area contributed by atoms with Crippen LogP contribution in [-0.4, -0.2) is 50.5 Å². The van der Waals surface area contributed by atoms with E-state index in [0.29, 0.717) is 44.8 Å². The first-order valence-electron chi connectivity index (χ1n) is 8.31. The summed E-state index contributed by atoms with van der Waals surface area (Å²) in [5, 5.41) is 2.86. The van der Waals surface area contributed by atoms with Gasteiger partial charge in [-0.2, -0.15) is 4.31 Å². The van der Waals surface area contributed by atoms with Crippen molar-refractivity contribution < 1.29 is 17.9 Å². The lowest BCUT2D eigenvalue weighted by atomic mass is 9.90. The first-order chi connectivity index (χ1) is 11.8. The minimum absolute atomic E-state index is 0.00640. The summed E-state index contributed by atoms with van der Waals surface area (Å²) in [4.78, 5) is 12.5. The van der Waals surface area contributed by atoms with E-state index < -0.39 is 15.6 Å². The average Bonchev–Trinajstić information content (AvgIpc) is 3.12. The highest BCUT2D eigenvalue weighted by Gasteiger charge is 2.36. The Bertz CT molecular complexity index is 757. The lowest BCUT2D eigenvalue weighted by molar-refractivity contribution is -0.124. The predicted molar refractivity (Wildman–Crippen MR) is 95.0 cm³/mol. The van der Waals surface area contributed by atoms with Crippen LogP contribution in [0.3, 0.4) is 0 Å². The van der Waals surface area contributed by atoms with Gasteiger partial charge in [0, 0.05) is 32.0 Å². The number of hydrogen-bond acceptors (Lipinski definition) is 5. The molecule has 0 atom stereocenters. The lowest BCUT2D eigenvalue weighted by Gasteiger charge is -2.31. The highest BCUT2D eigenvalue weighted by atomic mass is 35.5. The second-order valence-electron chi connectivity index (χ2n) is 6.48. The Labute approximate surface area is 152 Å². The quantitative estimate of drug-likeness (QED) is 0.816. The summed E-state index contributed by atoms with van der Waals surface area (Å²) in [7, 11) is -3.67. The highest BCUT2D eigenvalue weighted by Crippen LogP contribution is 2.30. The van der Waals surface area contributed by atoms with Crippen molar-refractivity contribution in [1.29, 1.82) is 0 Å². The van der Waals surface area contributed by atoms with E-state index in [4.69, 9.17) is 22.1 Å². The van der Waals surface area contributed by atoms with Gasteiger partial charge < -0.3 is 15.8 Å². The number of hydrogen-bond donors (Lipinski definition) is 2. The maximum atomic E-state index is 12.7. The average molecular weight is 388 g/mol. The van der Waals surface area contributed by atoms with Crippen LogP contribution in [0.25, 0.3) is 0 Å². The molecule has 3 N–H and O–H groups in total. The van der Waals surface area contributed by atoms with Crippen molar-refractivity contribution in [2.24, 2.45) is 5.73 Å². The molecule has 9 heteroatoms. The fraction of sp³-hybridized carbons (Fsp3) is 0.562. The fourth-order valence-electron chi connectivity index (χ4n) is 3.06. The maximum absolute atomic E-state index is 12.7. The van der Waals surface area contributed by atoms with E-state index in [2.05, 4.69) is 5.32 Å². The first-order valence-corrected chi connectivity index (χ1v) is 10.1. The van der Waals surface area contributed by atoms with Gasteiger partial charge in [-0.05, 0) is 43.9 Å². The molecule has 3 rings (SSSR count). The molecule has 2 fully saturated rings. The molecule has 2 saturated heterocycles. The summed E-state index contributed by atoms with van der Waals surface area (Å²) in [5.41, 5.74) is 5.52. The zero-order valence-electron chi connectivity index (χ0n) is 13.8. The number of rotatable bonds is 4. The largest absolute Gasteiger partial charge is 0.381 e. The number of amides is 1. The molecule has 0 aliphatic carbocycles. The number of ether oxygens (including phenoxy) is 1. The summed E-state index contributed by atoms with van der Waals surface area (Å²) >= 11 is 6.11. The molecule has 1 aromatic rings. The van der Waals surface area contributed by atoms with Crippen molar-refractivity contribution in [3.8, 4) is 0 Å². The van der Waals surface area contributed by atoms with Crippen LogP contribution in [0.2, 0.25) is 5.02 Å². The standard InChI is InChI=1S/C16H22ClN3O4S/c17-13-4-3-12(19-15(21)16(18)5-9-24-10-6-16)11-14(13)25(22,23)20-7-1-2-8-20/h3-4,11H,1-2,5-10,18H2,(H,19,21). The highest BCUT2D eigenvalue weighted by molar-refractivity contribution is 7.89. The molecule has 2 aliphatic heterocycles. The van der Waals surface area contributed by atoms with Crippen LogP contribution in [0.1, 0.15) is 25.7 Å². The van der Waals surface area contributed by atoms with Crippen molar-refractivity contribution in [3.05, 3.63) is 23.2 Å². The SMILES string of the molecule is NC1(C(=O)Nc2ccc(Cl)c(S(=O)(=O)N3CCCC3)c2)CCOCC1. The summed E-state index contributed by atoms with van der Waals surface area (Å²) in [6.45, 7) is 1.83. The van der Waals surface area contributed by atoms with Gasteiger partial charge in [0.2, 0.25) is 15.9 Å². The molecule has 0 saturated carbocycles. The second kappa shape index (κ2) is 7.20. The van der Waals surface area contributed by atoms with Crippen LogP contribution >= 0.6 is 11.6 Å². The van der Waals surface area contributed by atoms with Gasteiger partial charge in [-0.3, -0.25) is 4.79 Å². The van der Waals surface area contributed by atoms with Crippen molar-refractivity contribution >= 4 is 33.2 Å². The van der Waals surface area contributed by atoms with Gasteiger partial charge in [0.05, 0.1) is 5.02 Å². The van der Waals surface area contributed by atoms with Gasteiger partial charge in [-0.15, -0.1) is 0 Å². The first kappa shape index (κ1) is 18.6. The second-order valence-corrected chi connectivity index (χ2v) is 8.79. The topological polar surface area (TPSA) is 102 Å². The molecule has 1 aromatic carbocycles. The molecule has 138 valence electrons. The predicted octanol–water partition coefficient (Wildman–Crippen LogP) is 1.57. The van der Waals surface area contributed by atoms with E-state index in [9.17, 15) is 13.2 Å². The number of sulfonamides is 1. The van der Waals surface area contributed by atoms with Crippen molar-refractivity contribution in [3.63, 3.8) is 0 Å². The van der Waals surface area contributed by atoms with E-state index in [-0.39, 0.29) is 15.8 Å². The normalized spacial score (nSPS) is 21.2. The molecule has 1 amide bonds. The number of nitrogens with zero attached hydrogens (tertiary/aromatic N) is 1. The van der Waals surface area contributed by atoms with Crippen molar-refractivity contribution in [1.82, 2.24) is 4.31 Å². The van der Waals surface area contributed by atoms with Gasteiger partial charge in [0.25, 0.3) is 0 Å². The molecule has 0 radical (unpaired) electrons.